The normalized spacial score (nSPS) is 12.1. The van der Waals surface area contributed by atoms with Crippen LogP contribution in [-0.4, -0.2) is 42.9 Å². The van der Waals surface area contributed by atoms with Gasteiger partial charge in [-0.15, -0.1) is 0 Å². The molecule has 4 aromatic rings. The quantitative estimate of drug-likeness (QED) is 0.279. The number of aromatic amines is 1. The van der Waals surface area contributed by atoms with Gasteiger partial charge in [0.1, 0.15) is 6.54 Å². The number of aromatic hydroxyl groups is 1. The maximum absolute atomic E-state index is 12.3. The van der Waals surface area contributed by atoms with E-state index in [4.69, 9.17) is 16.5 Å². The zero-order valence-electron chi connectivity index (χ0n) is 19.0. The highest BCUT2D eigenvalue weighted by atomic mass is 32.2. The lowest BCUT2D eigenvalue weighted by Crippen LogP contribution is -2.37. The summed E-state index contributed by atoms with van der Waals surface area (Å²) in [5.41, 5.74) is 15.1. The molecule has 10 heteroatoms. The van der Waals surface area contributed by atoms with E-state index in [1.807, 2.05) is 48.5 Å². The Morgan fingerprint density at radius 1 is 1.06 bits per heavy atom. The average Bonchev–Trinajstić information content (AvgIpc) is 3.16. The number of para-hydroxylation sites is 1. The minimum atomic E-state index is -3.77. The third-order valence-electron chi connectivity index (χ3n) is 5.44. The predicted octanol–water partition coefficient (Wildman–Crippen LogP) is 2.75. The minimum absolute atomic E-state index is 0.0458. The standard InChI is InChI=1S/C25H25N5O4S/c1-35(33,34)30(15-22(27)31)19-6-4-5-18(13-19)28-24(17-11-9-16(14-26)10-12-17)23-20-7-2-3-8-21(20)29-25(23)32/h2-13,29,32H,14-15,26H2,1H3,(H2,27,31). The van der Waals surface area contributed by atoms with E-state index in [1.165, 1.54) is 0 Å². The van der Waals surface area contributed by atoms with Crippen LogP contribution in [0.25, 0.3) is 10.9 Å². The van der Waals surface area contributed by atoms with E-state index in [2.05, 4.69) is 4.98 Å². The number of anilines is 1. The Balaban J connectivity index is 1.91. The number of carbonyl (C=O) groups excluding carboxylic acids is 1. The van der Waals surface area contributed by atoms with Crippen molar-refractivity contribution in [2.24, 2.45) is 16.5 Å². The zero-order valence-corrected chi connectivity index (χ0v) is 19.8. The van der Waals surface area contributed by atoms with Crippen LogP contribution in [0.15, 0.2) is 77.8 Å². The van der Waals surface area contributed by atoms with Gasteiger partial charge in [0.25, 0.3) is 0 Å². The molecule has 6 N–H and O–H groups in total. The van der Waals surface area contributed by atoms with Gasteiger partial charge < -0.3 is 21.6 Å². The summed E-state index contributed by atoms with van der Waals surface area (Å²) in [6.45, 7) is -0.114. The van der Waals surface area contributed by atoms with Gasteiger partial charge in [0.2, 0.25) is 15.9 Å². The van der Waals surface area contributed by atoms with E-state index in [1.54, 1.807) is 24.3 Å². The second-order valence-corrected chi connectivity index (χ2v) is 9.92. The molecule has 3 aromatic carbocycles. The van der Waals surface area contributed by atoms with Gasteiger partial charge >= 0.3 is 0 Å². The number of nitrogens with zero attached hydrogens (tertiary/aromatic N) is 2. The molecule has 180 valence electrons. The number of aromatic nitrogens is 1. The lowest BCUT2D eigenvalue weighted by molar-refractivity contribution is -0.116. The van der Waals surface area contributed by atoms with Crippen molar-refractivity contribution >= 4 is 43.9 Å². The van der Waals surface area contributed by atoms with Crippen molar-refractivity contribution in [1.29, 1.82) is 0 Å². The number of benzene rings is 3. The molecule has 0 fully saturated rings. The number of carbonyl (C=O) groups is 1. The summed E-state index contributed by atoms with van der Waals surface area (Å²) in [6.07, 6.45) is 1.00. The molecule has 0 saturated heterocycles. The summed E-state index contributed by atoms with van der Waals surface area (Å²) in [5.74, 6) is -0.829. The average molecular weight is 492 g/mol. The Kier molecular flexibility index (Phi) is 6.59. The first-order valence-electron chi connectivity index (χ1n) is 10.7. The molecular weight excluding hydrogens is 466 g/mol. The third kappa shape index (κ3) is 5.18. The lowest BCUT2D eigenvalue weighted by Gasteiger charge is -2.21. The summed E-state index contributed by atoms with van der Waals surface area (Å²) in [4.78, 5) is 19.3. The summed E-state index contributed by atoms with van der Waals surface area (Å²) < 4.78 is 25.5. The van der Waals surface area contributed by atoms with Crippen molar-refractivity contribution in [1.82, 2.24) is 4.98 Å². The summed E-state index contributed by atoms with van der Waals surface area (Å²) in [5, 5.41) is 11.6. The molecule has 1 amide bonds. The number of primary amides is 1. The van der Waals surface area contributed by atoms with Crippen molar-refractivity contribution in [3.05, 3.63) is 89.5 Å². The number of rotatable bonds is 8. The first-order valence-corrected chi connectivity index (χ1v) is 12.6. The number of nitrogens with two attached hydrogens (primary N) is 2. The maximum atomic E-state index is 12.3. The zero-order chi connectivity index (χ0) is 25.2. The number of hydrogen-bond acceptors (Lipinski definition) is 6. The fraction of sp³-hybridized carbons (Fsp3) is 0.120. The highest BCUT2D eigenvalue weighted by molar-refractivity contribution is 7.92. The van der Waals surface area contributed by atoms with E-state index < -0.39 is 22.5 Å². The molecule has 0 atom stereocenters. The van der Waals surface area contributed by atoms with Gasteiger partial charge in [-0.3, -0.25) is 9.10 Å². The SMILES string of the molecule is CS(=O)(=O)N(CC(N)=O)c1cccc(N=C(c2ccc(CN)cc2)c2c(O)[nH]c3ccccc23)c1. The Labute approximate surface area is 202 Å². The molecule has 0 radical (unpaired) electrons. The van der Waals surface area contributed by atoms with Gasteiger partial charge in [-0.05, 0) is 29.8 Å². The largest absolute Gasteiger partial charge is 0.494 e. The van der Waals surface area contributed by atoms with Crippen LogP contribution < -0.4 is 15.8 Å². The van der Waals surface area contributed by atoms with Gasteiger partial charge in [0.15, 0.2) is 5.88 Å². The minimum Gasteiger partial charge on any atom is -0.494 e. The molecule has 0 aliphatic heterocycles. The lowest BCUT2D eigenvalue weighted by atomic mass is 9.99. The number of sulfonamides is 1. The predicted molar refractivity (Wildman–Crippen MR) is 137 cm³/mol. The number of amides is 1. The Bertz CT molecular complexity index is 1530. The van der Waals surface area contributed by atoms with Crippen LogP contribution >= 0.6 is 0 Å². The van der Waals surface area contributed by atoms with Crippen molar-refractivity contribution < 1.29 is 18.3 Å². The molecule has 0 spiro atoms. The van der Waals surface area contributed by atoms with E-state index in [9.17, 15) is 18.3 Å². The number of H-pyrrole nitrogens is 1. The van der Waals surface area contributed by atoms with Crippen molar-refractivity contribution in [3.8, 4) is 5.88 Å². The van der Waals surface area contributed by atoms with Crippen LogP contribution in [0, 0.1) is 0 Å². The van der Waals surface area contributed by atoms with Crippen molar-refractivity contribution in [2.75, 3.05) is 17.1 Å². The summed E-state index contributed by atoms with van der Waals surface area (Å²) >= 11 is 0. The van der Waals surface area contributed by atoms with Crippen LogP contribution in [0.2, 0.25) is 0 Å². The van der Waals surface area contributed by atoms with Crippen LogP contribution in [0.1, 0.15) is 16.7 Å². The summed E-state index contributed by atoms with van der Waals surface area (Å²) in [6, 6.07) is 21.4. The monoisotopic (exact) mass is 491 g/mol. The van der Waals surface area contributed by atoms with E-state index in [0.29, 0.717) is 23.5 Å². The van der Waals surface area contributed by atoms with Crippen molar-refractivity contribution in [2.45, 2.75) is 6.54 Å². The number of fused-ring (bicyclic) bond motifs is 1. The molecule has 1 aromatic heterocycles. The molecular formula is C25H25N5O4S. The summed E-state index contributed by atoms with van der Waals surface area (Å²) in [7, 11) is -3.77. The van der Waals surface area contributed by atoms with Crippen LogP contribution in [0.4, 0.5) is 11.4 Å². The fourth-order valence-electron chi connectivity index (χ4n) is 3.82. The van der Waals surface area contributed by atoms with Crippen LogP contribution in [0.5, 0.6) is 5.88 Å². The molecule has 0 aliphatic carbocycles. The van der Waals surface area contributed by atoms with E-state index >= 15 is 0 Å². The molecule has 0 aliphatic rings. The van der Waals surface area contributed by atoms with Crippen LogP contribution in [-0.2, 0) is 21.4 Å². The highest BCUT2D eigenvalue weighted by Gasteiger charge is 2.21. The molecule has 0 bridgehead atoms. The van der Waals surface area contributed by atoms with Crippen molar-refractivity contribution in [3.63, 3.8) is 0 Å². The fourth-order valence-corrected chi connectivity index (χ4v) is 4.68. The molecule has 9 nitrogen and oxygen atoms in total. The van der Waals surface area contributed by atoms with Gasteiger partial charge in [-0.25, -0.2) is 13.4 Å². The topological polar surface area (TPSA) is 155 Å². The Hall–Kier alpha value is -4.15. The third-order valence-corrected chi connectivity index (χ3v) is 6.59. The Morgan fingerprint density at radius 3 is 2.43 bits per heavy atom. The van der Waals surface area contributed by atoms with Gasteiger partial charge in [-0.2, -0.15) is 0 Å². The smallest absolute Gasteiger partial charge is 0.238 e. The second-order valence-electron chi connectivity index (χ2n) is 8.01. The van der Waals surface area contributed by atoms with Gasteiger partial charge in [-0.1, -0.05) is 48.5 Å². The number of aliphatic imine (C=N–C) groups is 1. The van der Waals surface area contributed by atoms with Gasteiger partial charge in [0, 0.05) is 23.0 Å². The number of nitrogens with one attached hydrogen (secondary N) is 1. The first-order chi connectivity index (χ1) is 16.7. The molecule has 0 unspecified atom stereocenters. The van der Waals surface area contributed by atoms with Crippen LogP contribution in [0.3, 0.4) is 0 Å². The van der Waals surface area contributed by atoms with E-state index in [0.717, 1.165) is 32.6 Å². The Morgan fingerprint density at radius 2 is 1.77 bits per heavy atom. The molecule has 1 heterocycles. The number of hydrogen-bond donors (Lipinski definition) is 4. The molecule has 4 rings (SSSR count). The first kappa shape index (κ1) is 24.0. The van der Waals surface area contributed by atoms with Gasteiger partial charge in [0.05, 0.1) is 28.9 Å². The van der Waals surface area contributed by atoms with E-state index in [-0.39, 0.29) is 11.6 Å². The molecule has 35 heavy (non-hydrogen) atoms. The highest BCUT2D eigenvalue weighted by Crippen LogP contribution is 2.32. The molecule has 0 saturated carbocycles. The maximum Gasteiger partial charge on any atom is 0.238 e. The second kappa shape index (κ2) is 9.61.